The highest BCUT2D eigenvalue weighted by Gasteiger charge is 2.33. The fourth-order valence-corrected chi connectivity index (χ4v) is 1.50. The van der Waals surface area contributed by atoms with E-state index in [-0.39, 0.29) is 11.6 Å². The maximum absolute atomic E-state index is 12.8. The summed E-state index contributed by atoms with van der Waals surface area (Å²) >= 11 is 0. The molecule has 0 aromatic heterocycles. The van der Waals surface area contributed by atoms with Crippen molar-refractivity contribution in [1.29, 1.82) is 0 Å². The van der Waals surface area contributed by atoms with Gasteiger partial charge in [-0.3, -0.25) is 0 Å². The van der Waals surface area contributed by atoms with Crippen molar-refractivity contribution in [1.82, 2.24) is 0 Å². The third-order valence-electron chi connectivity index (χ3n) is 2.38. The molecule has 0 fully saturated rings. The Morgan fingerprint density at radius 1 is 1.25 bits per heavy atom. The SMILES string of the molecule is CCNc1ccc(C(C)C)cc1C(F)(F)F. The molecular formula is C12H16F3N. The fourth-order valence-electron chi connectivity index (χ4n) is 1.50. The summed E-state index contributed by atoms with van der Waals surface area (Å²) in [6.45, 7) is 6.01. The van der Waals surface area contributed by atoms with Crippen LogP contribution in [0.4, 0.5) is 18.9 Å². The second-order valence-corrected chi connectivity index (χ2v) is 3.99. The summed E-state index contributed by atoms with van der Waals surface area (Å²) in [6.07, 6.45) is -4.30. The highest BCUT2D eigenvalue weighted by Crippen LogP contribution is 2.36. The van der Waals surface area contributed by atoms with Gasteiger partial charge in [0.15, 0.2) is 0 Å². The maximum Gasteiger partial charge on any atom is 0.418 e. The molecule has 16 heavy (non-hydrogen) atoms. The number of hydrogen-bond donors (Lipinski definition) is 1. The molecule has 0 aliphatic heterocycles. The van der Waals surface area contributed by atoms with Crippen LogP contribution in [0.5, 0.6) is 0 Å². The highest BCUT2D eigenvalue weighted by molar-refractivity contribution is 5.54. The summed E-state index contributed by atoms with van der Waals surface area (Å²) in [5.41, 5.74) is 0.272. The van der Waals surface area contributed by atoms with E-state index in [0.717, 1.165) is 0 Å². The van der Waals surface area contributed by atoms with Gasteiger partial charge >= 0.3 is 6.18 Å². The van der Waals surface area contributed by atoms with Crippen molar-refractivity contribution in [2.45, 2.75) is 32.9 Å². The molecule has 4 heteroatoms. The lowest BCUT2D eigenvalue weighted by Crippen LogP contribution is -2.11. The minimum Gasteiger partial charge on any atom is -0.385 e. The van der Waals surface area contributed by atoms with Crippen LogP contribution < -0.4 is 5.32 Å². The molecule has 0 radical (unpaired) electrons. The molecule has 0 saturated carbocycles. The lowest BCUT2D eigenvalue weighted by molar-refractivity contribution is -0.137. The Hall–Kier alpha value is -1.19. The molecule has 0 amide bonds. The van der Waals surface area contributed by atoms with Crippen LogP contribution in [0.15, 0.2) is 18.2 Å². The minimum atomic E-state index is -4.30. The molecule has 1 aromatic rings. The largest absolute Gasteiger partial charge is 0.418 e. The Kier molecular flexibility index (Phi) is 3.83. The summed E-state index contributed by atoms with van der Waals surface area (Å²) in [7, 11) is 0. The monoisotopic (exact) mass is 231 g/mol. The van der Waals surface area contributed by atoms with Gasteiger partial charge in [-0.2, -0.15) is 13.2 Å². The topological polar surface area (TPSA) is 12.0 Å². The molecule has 1 aromatic carbocycles. The summed E-state index contributed by atoms with van der Waals surface area (Å²) in [5, 5.41) is 2.73. The number of nitrogens with one attached hydrogen (secondary N) is 1. The molecule has 0 spiro atoms. The Morgan fingerprint density at radius 2 is 1.88 bits per heavy atom. The van der Waals surface area contributed by atoms with E-state index in [0.29, 0.717) is 12.1 Å². The maximum atomic E-state index is 12.8. The fraction of sp³-hybridized carbons (Fsp3) is 0.500. The van der Waals surface area contributed by atoms with Crippen LogP contribution in [-0.4, -0.2) is 6.54 Å². The Labute approximate surface area is 93.7 Å². The second kappa shape index (κ2) is 4.76. The molecule has 0 saturated heterocycles. The van der Waals surface area contributed by atoms with Crippen molar-refractivity contribution < 1.29 is 13.2 Å². The van der Waals surface area contributed by atoms with Gasteiger partial charge in [-0.1, -0.05) is 19.9 Å². The van der Waals surface area contributed by atoms with Crippen LogP contribution in [0.3, 0.4) is 0 Å². The van der Waals surface area contributed by atoms with Crippen molar-refractivity contribution in [2.75, 3.05) is 11.9 Å². The van der Waals surface area contributed by atoms with Crippen molar-refractivity contribution in [3.63, 3.8) is 0 Å². The molecule has 0 bridgehead atoms. The Bertz CT molecular complexity index is 356. The molecule has 0 heterocycles. The lowest BCUT2D eigenvalue weighted by Gasteiger charge is -2.16. The molecule has 1 N–H and O–H groups in total. The first kappa shape index (κ1) is 12.9. The number of halogens is 3. The van der Waals surface area contributed by atoms with Gasteiger partial charge in [0.25, 0.3) is 0 Å². The third-order valence-corrected chi connectivity index (χ3v) is 2.38. The van der Waals surface area contributed by atoms with Gasteiger partial charge in [0.2, 0.25) is 0 Å². The predicted octanol–water partition coefficient (Wildman–Crippen LogP) is 4.26. The molecular weight excluding hydrogens is 215 g/mol. The average Bonchev–Trinajstić information content (AvgIpc) is 2.16. The first-order chi connectivity index (χ1) is 7.36. The van der Waals surface area contributed by atoms with E-state index in [1.807, 2.05) is 13.8 Å². The smallest absolute Gasteiger partial charge is 0.385 e. The third kappa shape index (κ3) is 2.90. The van der Waals surface area contributed by atoms with E-state index in [2.05, 4.69) is 5.32 Å². The quantitative estimate of drug-likeness (QED) is 0.819. The van der Waals surface area contributed by atoms with Crippen molar-refractivity contribution in [3.8, 4) is 0 Å². The van der Waals surface area contributed by atoms with E-state index in [1.54, 1.807) is 13.0 Å². The molecule has 90 valence electrons. The molecule has 0 aliphatic rings. The minimum absolute atomic E-state index is 0.0942. The summed E-state index contributed by atoms with van der Waals surface area (Å²) in [5.74, 6) is 0.0942. The zero-order chi connectivity index (χ0) is 12.3. The number of alkyl halides is 3. The van der Waals surface area contributed by atoms with Crippen LogP contribution >= 0.6 is 0 Å². The van der Waals surface area contributed by atoms with E-state index in [1.165, 1.54) is 12.1 Å². The van der Waals surface area contributed by atoms with Crippen molar-refractivity contribution >= 4 is 5.69 Å². The van der Waals surface area contributed by atoms with Gasteiger partial charge in [0, 0.05) is 12.2 Å². The molecule has 1 rings (SSSR count). The predicted molar refractivity (Wildman–Crippen MR) is 59.7 cm³/mol. The van der Waals surface area contributed by atoms with Gasteiger partial charge in [-0.15, -0.1) is 0 Å². The number of benzene rings is 1. The molecule has 1 nitrogen and oxygen atoms in total. The van der Waals surface area contributed by atoms with Crippen LogP contribution in [-0.2, 0) is 6.18 Å². The standard InChI is InChI=1S/C12H16F3N/c1-4-16-11-6-5-9(8(2)3)7-10(11)12(13,14)15/h5-8,16H,4H2,1-3H3. The van der Waals surface area contributed by atoms with E-state index in [9.17, 15) is 13.2 Å². The first-order valence-corrected chi connectivity index (χ1v) is 5.31. The number of rotatable bonds is 3. The first-order valence-electron chi connectivity index (χ1n) is 5.31. The summed E-state index contributed by atoms with van der Waals surface area (Å²) < 4.78 is 38.3. The van der Waals surface area contributed by atoms with Crippen LogP contribution in [0.2, 0.25) is 0 Å². The zero-order valence-electron chi connectivity index (χ0n) is 9.65. The number of anilines is 1. The van der Waals surface area contributed by atoms with Crippen LogP contribution in [0.1, 0.15) is 37.8 Å². The van der Waals surface area contributed by atoms with Gasteiger partial charge < -0.3 is 5.32 Å². The van der Waals surface area contributed by atoms with Crippen LogP contribution in [0.25, 0.3) is 0 Å². The Morgan fingerprint density at radius 3 is 2.31 bits per heavy atom. The van der Waals surface area contributed by atoms with Crippen LogP contribution in [0, 0.1) is 0 Å². The van der Waals surface area contributed by atoms with Gasteiger partial charge in [-0.25, -0.2) is 0 Å². The van der Waals surface area contributed by atoms with E-state index >= 15 is 0 Å². The lowest BCUT2D eigenvalue weighted by atomic mass is 9.99. The summed E-state index contributed by atoms with van der Waals surface area (Å²) in [6, 6.07) is 4.46. The Balaban J connectivity index is 3.21. The molecule has 0 aliphatic carbocycles. The van der Waals surface area contributed by atoms with Crippen molar-refractivity contribution in [3.05, 3.63) is 29.3 Å². The van der Waals surface area contributed by atoms with E-state index in [4.69, 9.17) is 0 Å². The molecule has 0 unspecified atom stereocenters. The number of hydrogen-bond acceptors (Lipinski definition) is 1. The van der Waals surface area contributed by atoms with Gasteiger partial charge in [0.05, 0.1) is 5.56 Å². The zero-order valence-corrected chi connectivity index (χ0v) is 9.65. The van der Waals surface area contributed by atoms with Crippen molar-refractivity contribution in [2.24, 2.45) is 0 Å². The average molecular weight is 231 g/mol. The van der Waals surface area contributed by atoms with Gasteiger partial charge in [-0.05, 0) is 30.5 Å². The molecule has 0 atom stereocenters. The normalized spacial score (nSPS) is 11.9. The summed E-state index contributed by atoms with van der Waals surface area (Å²) in [4.78, 5) is 0. The second-order valence-electron chi connectivity index (χ2n) is 3.99. The van der Waals surface area contributed by atoms with E-state index < -0.39 is 11.7 Å². The van der Waals surface area contributed by atoms with Gasteiger partial charge in [0.1, 0.15) is 0 Å². The highest BCUT2D eigenvalue weighted by atomic mass is 19.4.